The summed E-state index contributed by atoms with van der Waals surface area (Å²) >= 11 is 0. The van der Waals surface area contributed by atoms with Crippen molar-refractivity contribution in [3.63, 3.8) is 0 Å². The molecule has 2 aliphatic rings. The zero-order valence-corrected chi connectivity index (χ0v) is 12.0. The van der Waals surface area contributed by atoms with Crippen molar-refractivity contribution in [1.29, 1.82) is 0 Å². The van der Waals surface area contributed by atoms with Crippen LogP contribution in [0.5, 0.6) is 0 Å². The lowest BCUT2D eigenvalue weighted by Gasteiger charge is -2.40. The van der Waals surface area contributed by atoms with E-state index in [1.807, 2.05) is 0 Å². The molecular formula is C17H26N2. The molecule has 1 aliphatic heterocycles. The maximum absolute atomic E-state index is 3.73. The van der Waals surface area contributed by atoms with Crippen LogP contribution in [0.25, 0.3) is 0 Å². The third kappa shape index (κ3) is 3.37. The summed E-state index contributed by atoms with van der Waals surface area (Å²) in [7, 11) is 0. The van der Waals surface area contributed by atoms with E-state index < -0.39 is 0 Å². The van der Waals surface area contributed by atoms with E-state index in [4.69, 9.17) is 0 Å². The number of hydrogen-bond acceptors (Lipinski definition) is 2. The zero-order valence-electron chi connectivity index (χ0n) is 12.0. The van der Waals surface area contributed by atoms with Crippen molar-refractivity contribution in [3.8, 4) is 0 Å². The first-order valence-electron chi connectivity index (χ1n) is 7.88. The highest BCUT2D eigenvalue weighted by Gasteiger charge is 2.29. The van der Waals surface area contributed by atoms with E-state index in [9.17, 15) is 0 Å². The van der Waals surface area contributed by atoms with Crippen molar-refractivity contribution >= 4 is 0 Å². The predicted molar refractivity (Wildman–Crippen MR) is 80.2 cm³/mol. The highest BCUT2D eigenvalue weighted by Crippen LogP contribution is 2.29. The fraction of sp³-hybridized carbons (Fsp3) is 0.647. The highest BCUT2D eigenvalue weighted by atomic mass is 15.2. The van der Waals surface area contributed by atoms with Crippen LogP contribution in [-0.2, 0) is 0 Å². The molecule has 0 amide bonds. The van der Waals surface area contributed by atoms with E-state index in [-0.39, 0.29) is 0 Å². The van der Waals surface area contributed by atoms with E-state index >= 15 is 0 Å². The van der Waals surface area contributed by atoms with Gasteiger partial charge in [0.1, 0.15) is 0 Å². The van der Waals surface area contributed by atoms with Crippen LogP contribution >= 0.6 is 0 Å². The fourth-order valence-electron chi connectivity index (χ4n) is 3.25. The number of rotatable bonds is 5. The molecule has 0 aromatic heterocycles. The van der Waals surface area contributed by atoms with Gasteiger partial charge in [0, 0.05) is 24.7 Å². The van der Waals surface area contributed by atoms with Gasteiger partial charge < -0.3 is 5.32 Å². The van der Waals surface area contributed by atoms with Gasteiger partial charge in [0.25, 0.3) is 0 Å². The number of nitrogens with zero attached hydrogens (tertiary/aromatic N) is 1. The van der Waals surface area contributed by atoms with Gasteiger partial charge in [0.15, 0.2) is 0 Å². The van der Waals surface area contributed by atoms with Crippen molar-refractivity contribution in [3.05, 3.63) is 35.9 Å². The molecule has 2 nitrogen and oxygen atoms in total. The molecule has 0 bridgehead atoms. The van der Waals surface area contributed by atoms with Crippen molar-refractivity contribution in [2.75, 3.05) is 13.1 Å². The first-order chi connectivity index (χ1) is 9.34. The van der Waals surface area contributed by atoms with Crippen LogP contribution < -0.4 is 5.32 Å². The lowest BCUT2D eigenvalue weighted by atomic mass is 9.97. The summed E-state index contributed by atoms with van der Waals surface area (Å²) in [5.74, 6) is 0. The van der Waals surface area contributed by atoms with Crippen LogP contribution in [0.2, 0.25) is 0 Å². The lowest BCUT2D eigenvalue weighted by molar-refractivity contribution is 0.103. The first-order valence-corrected chi connectivity index (χ1v) is 7.88. The highest BCUT2D eigenvalue weighted by molar-refractivity contribution is 5.20. The number of likely N-dealkylation sites (tertiary alicyclic amines) is 1. The maximum atomic E-state index is 3.73. The summed E-state index contributed by atoms with van der Waals surface area (Å²) in [6.07, 6.45) is 6.85. The van der Waals surface area contributed by atoms with Gasteiger partial charge in [-0.3, -0.25) is 4.90 Å². The Hall–Kier alpha value is -0.860. The van der Waals surface area contributed by atoms with E-state index in [0.29, 0.717) is 6.04 Å². The summed E-state index contributed by atoms with van der Waals surface area (Å²) in [5, 5.41) is 3.73. The second-order valence-corrected chi connectivity index (χ2v) is 6.19. The molecule has 2 heteroatoms. The van der Waals surface area contributed by atoms with Crippen LogP contribution in [0.15, 0.2) is 30.3 Å². The smallest absolute Gasteiger partial charge is 0.0475 e. The normalized spacial score (nSPS) is 26.3. The second-order valence-electron chi connectivity index (χ2n) is 6.19. The molecule has 1 saturated heterocycles. The summed E-state index contributed by atoms with van der Waals surface area (Å²) in [4.78, 5) is 2.72. The summed E-state index contributed by atoms with van der Waals surface area (Å²) in [6.45, 7) is 4.76. The Bertz CT molecular complexity index is 386. The molecule has 2 unspecified atom stereocenters. The minimum atomic E-state index is 0.553. The van der Waals surface area contributed by atoms with Crippen LogP contribution in [0.4, 0.5) is 0 Å². The minimum Gasteiger partial charge on any atom is -0.312 e. The molecule has 3 rings (SSSR count). The van der Waals surface area contributed by atoms with Gasteiger partial charge in [-0.2, -0.15) is 0 Å². The van der Waals surface area contributed by atoms with E-state index in [1.165, 1.54) is 44.2 Å². The molecule has 0 radical (unpaired) electrons. The van der Waals surface area contributed by atoms with Crippen molar-refractivity contribution in [1.82, 2.24) is 10.2 Å². The Balaban J connectivity index is 1.73. The molecule has 1 aromatic rings. The Morgan fingerprint density at radius 1 is 1.16 bits per heavy atom. The van der Waals surface area contributed by atoms with Gasteiger partial charge in [-0.05, 0) is 44.7 Å². The Morgan fingerprint density at radius 3 is 2.63 bits per heavy atom. The average molecular weight is 258 g/mol. The zero-order chi connectivity index (χ0) is 13.1. The quantitative estimate of drug-likeness (QED) is 0.871. The van der Waals surface area contributed by atoms with Gasteiger partial charge in [-0.15, -0.1) is 0 Å². The molecule has 2 atom stereocenters. The monoisotopic (exact) mass is 258 g/mol. The predicted octanol–water partition coefficient (Wildman–Crippen LogP) is 3.35. The fourth-order valence-corrected chi connectivity index (χ4v) is 3.25. The van der Waals surface area contributed by atoms with Gasteiger partial charge in [0.2, 0.25) is 0 Å². The maximum Gasteiger partial charge on any atom is 0.0475 e. The minimum absolute atomic E-state index is 0.553. The molecule has 1 N–H and O–H groups in total. The van der Waals surface area contributed by atoms with Gasteiger partial charge in [-0.25, -0.2) is 0 Å². The standard InChI is InChI=1S/C17H26N2/c1-14-7-5-6-12-19(14)17(13-18-16-10-11-16)15-8-3-2-4-9-15/h2-4,8-9,14,16-18H,5-7,10-13H2,1H3. The van der Waals surface area contributed by atoms with Crippen LogP contribution in [-0.4, -0.2) is 30.1 Å². The van der Waals surface area contributed by atoms with Crippen LogP contribution in [0, 0.1) is 0 Å². The van der Waals surface area contributed by atoms with E-state index in [1.54, 1.807) is 0 Å². The lowest BCUT2D eigenvalue weighted by Crippen LogP contribution is -2.44. The second kappa shape index (κ2) is 6.06. The van der Waals surface area contributed by atoms with Gasteiger partial charge in [0.05, 0.1) is 0 Å². The largest absolute Gasteiger partial charge is 0.312 e. The van der Waals surface area contributed by atoms with Crippen molar-refractivity contribution in [2.24, 2.45) is 0 Å². The Labute approximate surface area is 117 Å². The molecule has 1 heterocycles. The topological polar surface area (TPSA) is 15.3 Å². The average Bonchev–Trinajstić information content (AvgIpc) is 3.26. The summed E-state index contributed by atoms with van der Waals surface area (Å²) in [5.41, 5.74) is 1.48. The molecule has 1 aliphatic carbocycles. The molecule has 1 saturated carbocycles. The molecule has 19 heavy (non-hydrogen) atoms. The number of benzene rings is 1. The van der Waals surface area contributed by atoms with Crippen LogP contribution in [0.1, 0.15) is 50.6 Å². The third-order valence-electron chi connectivity index (χ3n) is 4.62. The van der Waals surface area contributed by atoms with Gasteiger partial charge >= 0.3 is 0 Å². The summed E-state index contributed by atoms with van der Waals surface area (Å²) < 4.78 is 0. The number of piperidine rings is 1. The molecular weight excluding hydrogens is 232 g/mol. The van der Waals surface area contributed by atoms with Crippen LogP contribution in [0.3, 0.4) is 0 Å². The molecule has 1 aromatic carbocycles. The Morgan fingerprint density at radius 2 is 1.95 bits per heavy atom. The number of hydrogen-bond donors (Lipinski definition) is 1. The summed E-state index contributed by atoms with van der Waals surface area (Å²) in [6, 6.07) is 13.1. The molecule has 104 valence electrons. The van der Waals surface area contributed by atoms with Crippen molar-refractivity contribution < 1.29 is 0 Å². The van der Waals surface area contributed by atoms with E-state index in [0.717, 1.165) is 18.6 Å². The van der Waals surface area contributed by atoms with Crippen molar-refractivity contribution in [2.45, 2.75) is 57.2 Å². The van der Waals surface area contributed by atoms with Gasteiger partial charge in [-0.1, -0.05) is 36.8 Å². The van der Waals surface area contributed by atoms with E-state index in [2.05, 4.69) is 47.5 Å². The first kappa shape index (κ1) is 13.1. The molecule has 0 spiro atoms. The third-order valence-corrected chi connectivity index (χ3v) is 4.62. The number of nitrogens with one attached hydrogen (secondary N) is 1. The SMILES string of the molecule is CC1CCCCN1C(CNC1CC1)c1ccccc1. The molecule has 2 fully saturated rings. The Kier molecular flexibility index (Phi) is 4.19.